The van der Waals surface area contributed by atoms with Crippen LogP contribution in [0.1, 0.15) is 172 Å². The summed E-state index contributed by atoms with van der Waals surface area (Å²) < 4.78 is 96.5. The third-order valence-electron chi connectivity index (χ3n) is 33.6. The lowest BCUT2D eigenvalue weighted by Gasteiger charge is -2.71. The molecule has 0 bridgehead atoms. The number of carboxylic acid groups (broad SMARTS) is 1. The molecule has 51 atom stereocenters. The molecule has 12 fully saturated rings. The van der Waals surface area contributed by atoms with Gasteiger partial charge < -0.3 is 214 Å². The Morgan fingerprint density at radius 2 is 1.10 bits per heavy atom. The van der Waals surface area contributed by atoms with Crippen LogP contribution in [0.5, 0.6) is 0 Å². The van der Waals surface area contributed by atoms with E-state index in [1.54, 1.807) is 13.8 Å². The minimum Gasteiger partial charge on any atom is -0.479 e. The summed E-state index contributed by atoms with van der Waals surface area (Å²) in [5.74, 6) is -6.83. The van der Waals surface area contributed by atoms with Gasteiger partial charge in [0.05, 0.1) is 107 Å². The minimum absolute atomic E-state index is 0.0183. The number of carboxylic acids is 1. The van der Waals surface area contributed by atoms with Crippen LogP contribution >= 0.6 is 0 Å². The molecule has 0 aromatic heterocycles. The number of fused-ring (bicyclic) bond motifs is 7. The van der Waals surface area contributed by atoms with E-state index in [9.17, 15) is 142 Å². The van der Waals surface area contributed by atoms with Crippen molar-refractivity contribution in [2.24, 2.45) is 62.1 Å². The second-order valence-electron chi connectivity index (χ2n) is 42.9. The van der Waals surface area contributed by atoms with E-state index in [0.717, 1.165) is 11.9 Å². The highest BCUT2D eigenvalue weighted by Gasteiger charge is 2.74. The number of hydrogen-bond donors (Lipinski definition) is 26. The summed E-state index contributed by atoms with van der Waals surface area (Å²) in [6.07, 6.45) is -64.0. The van der Waals surface area contributed by atoms with Crippen molar-refractivity contribution in [1.82, 2.24) is 10.6 Å². The van der Waals surface area contributed by atoms with E-state index in [2.05, 4.69) is 30.6 Å². The number of esters is 1. The lowest BCUT2D eigenvalue weighted by molar-refractivity contribution is -0.391. The zero-order valence-electron chi connectivity index (χ0n) is 80.0. The van der Waals surface area contributed by atoms with Crippen LogP contribution in [-0.4, -0.2) is 450 Å². The second kappa shape index (κ2) is 44.7. The van der Waals surface area contributed by atoms with E-state index in [-0.39, 0.29) is 56.3 Å². The van der Waals surface area contributed by atoms with Crippen molar-refractivity contribution in [3.05, 3.63) is 11.6 Å². The molecule has 139 heavy (non-hydrogen) atoms. The van der Waals surface area contributed by atoms with Gasteiger partial charge >= 0.3 is 11.9 Å². The summed E-state index contributed by atoms with van der Waals surface area (Å²) in [6.45, 7) is 15.2. The van der Waals surface area contributed by atoms with E-state index in [1.165, 1.54) is 6.92 Å². The third kappa shape index (κ3) is 21.8. The number of ether oxygens (including phenoxy) is 16. The molecule has 13 aliphatic rings. The predicted octanol–water partition coefficient (Wildman–Crippen LogP) is -7.57. The predicted molar refractivity (Wildman–Crippen MR) is 464 cm³/mol. The molecule has 2 amide bonds. The molecule has 5 aliphatic carbocycles. The van der Waals surface area contributed by atoms with Crippen molar-refractivity contribution >= 4 is 30.0 Å². The average molecular weight is 2000 g/mol. The molecule has 0 spiro atoms. The maximum atomic E-state index is 16.4. The normalized spacial score (nSPS) is 48.5. The first kappa shape index (κ1) is 112. The molecule has 798 valence electrons. The van der Waals surface area contributed by atoms with Crippen LogP contribution < -0.4 is 10.6 Å². The van der Waals surface area contributed by atoms with Gasteiger partial charge in [0.25, 0.3) is 0 Å². The number of aliphatic hydroxyl groups excluding tert-OH is 22. The first-order chi connectivity index (χ1) is 65.3. The lowest BCUT2D eigenvalue weighted by atomic mass is 9.33. The largest absolute Gasteiger partial charge is 0.479 e. The highest BCUT2D eigenvalue weighted by Crippen LogP contribution is 2.76. The summed E-state index contributed by atoms with van der Waals surface area (Å²) in [6, 6.07) is -2.60. The standard InChI is InChI=1S/C92H150N2O45/c1-12-36(3)43(93-54(105)25-40(101)23-46(37(4)13-2)128-80-64(114)59(109)49(30-97)130-80)22-39(100)24-55(106)94-56-47(28-95)129-82(73(60(56)110)137-79-66(116)62(112)69(38(5)127-79)133-78-68(118)70(45(103)32-125-78)134-84-75(119)91(123,34-99)35-126-84)139-85(122)92-21-20-86(6,7)26-42(92)41-14-15-51-87(8)18-17-53(88(9,33-98)50(87)16-19-89(51,10)90(41,11)27-52(92)104)132-83-74(138-81-65(115)61(111)58(108)48(29-96)131-81)71(67(117)72(136-83)76(120)121)135-77-63(113)57(107)44(102)31-124-77/h14,33,36-40,42-53,56-75,77-84,95-97,99-104,107-119,123H,12-13,15-32,34-35H2,1-11H3,(H,93,105)(H,94,106)(H,120,121)/t36-,37-,38?,39-,40-,42?,43-,44+,45+,46-,47+,48?,49-,50+,51?,52?,53-,56-,57-,58-,59?,60?,61-,62?,63?,64?,65?,66?,67-,68?,69-,70?,71-,72?,73?,74?,75?,77-,78-,79-,80+,81-,82-,83+,84-,87?,88+,89-,90+,91-,92+/m0/s1. The van der Waals surface area contributed by atoms with E-state index in [4.69, 9.17) is 75.8 Å². The van der Waals surface area contributed by atoms with Gasteiger partial charge in [-0.3, -0.25) is 14.4 Å². The molecular weight excluding hydrogens is 1850 g/mol. The molecule has 8 saturated heterocycles. The van der Waals surface area contributed by atoms with Gasteiger partial charge in [0, 0.05) is 12.5 Å². The van der Waals surface area contributed by atoms with Crippen molar-refractivity contribution < 1.29 is 222 Å². The fraction of sp³-hybridized carbons (Fsp3) is 0.924. The van der Waals surface area contributed by atoms with E-state index >= 15 is 4.79 Å². The molecule has 47 nitrogen and oxygen atoms in total. The molecular formula is C92H150N2O45. The first-order valence-corrected chi connectivity index (χ1v) is 48.6. The maximum Gasteiger partial charge on any atom is 0.335 e. The molecule has 0 aromatic carbocycles. The van der Waals surface area contributed by atoms with Gasteiger partial charge in [-0.25, -0.2) is 4.79 Å². The SMILES string of the molecule is CC[C@H](C)[C@H](C[C@H](O)CC(=O)N[C@@H]1C(O)C(O[C@@H]2OC(C)[C@H](O[C@@H]3OC[C@@H](O)C(O[C@@H]4OC[C@@](O)(CO)C4O)C3O)C(O)C2O)[C@H](OC(=O)[C@]23CCC(C)(C)CC2C2=CCC4C5(C)CC[C@H](O[C@@H]6OC(C(=O)O)[C@@H](O)[C@H](O[C@@H]7OC[C@@H](O)[C@H](O)C7O)C6O[C@@H]6OC(CO)[C@H](O)[C@H](O)C6O)[C@](C)(C=O)[C@@H]5CC[C@]4(C)[C@]2(C)CC3O)O[C@@H]1CO)NC(=O)C[C@@H](O)C[C@H](O[C@@H]1O[C@@H](CO)C(O)C1O)[C@@H](C)CC. The number of carbonyl (C=O) groups excluding carboxylic acids is 4. The van der Waals surface area contributed by atoms with Crippen molar-refractivity contribution in [3.63, 3.8) is 0 Å². The number of rotatable bonds is 36. The number of carbonyl (C=O) groups is 5. The van der Waals surface area contributed by atoms with Gasteiger partial charge in [0.2, 0.25) is 18.1 Å². The Labute approximate surface area is 803 Å². The van der Waals surface area contributed by atoms with Crippen molar-refractivity contribution in [3.8, 4) is 0 Å². The van der Waals surface area contributed by atoms with Crippen molar-refractivity contribution in [2.75, 3.05) is 46.2 Å². The van der Waals surface area contributed by atoms with Gasteiger partial charge in [-0.05, 0) is 122 Å². The van der Waals surface area contributed by atoms with Crippen LogP contribution in [0.4, 0.5) is 0 Å². The lowest BCUT2D eigenvalue weighted by Crippen LogP contribution is -2.70. The quantitative estimate of drug-likeness (QED) is 0.0120. The minimum atomic E-state index is -2.27. The van der Waals surface area contributed by atoms with Crippen LogP contribution in [0.15, 0.2) is 11.6 Å². The number of hydrogen-bond acceptors (Lipinski definition) is 44. The van der Waals surface area contributed by atoms with Crippen molar-refractivity contribution in [2.45, 2.75) is 424 Å². The summed E-state index contributed by atoms with van der Waals surface area (Å²) in [4.78, 5) is 72.4. The highest BCUT2D eigenvalue weighted by molar-refractivity contribution is 5.80. The van der Waals surface area contributed by atoms with E-state index in [0.29, 0.717) is 44.9 Å². The van der Waals surface area contributed by atoms with Crippen molar-refractivity contribution in [1.29, 1.82) is 0 Å². The Morgan fingerprint density at radius 3 is 1.73 bits per heavy atom. The third-order valence-corrected chi connectivity index (χ3v) is 33.6. The second-order valence-corrected chi connectivity index (χ2v) is 42.9. The van der Waals surface area contributed by atoms with Gasteiger partial charge in [-0.1, -0.05) is 93.7 Å². The summed E-state index contributed by atoms with van der Waals surface area (Å²) in [5, 5.41) is 273. The van der Waals surface area contributed by atoms with Gasteiger partial charge in [-0.2, -0.15) is 0 Å². The fourth-order valence-corrected chi connectivity index (χ4v) is 24.5. The fourth-order valence-electron chi connectivity index (χ4n) is 24.5. The Balaban J connectivity index is 0.754. The number of aldehydes is 1. The molecule has 8 heterocycles. The maximum absolute atomic E-state index is 16.4. The van der Waals surface area contributed by atoms with Crippen LogP contribution in [0, 0.1) is 62.1 Å². The number of aliphatic hydroxyl groups is 23. The number of allylic oxidation sites excluding steroid dienone is 2. The van der Waals surface area contributed by atoms with Gasteiger partial charge in [-0.15, -0.1) is 0 Å². The molecule has 8 aliphatic heterocycles. The monoisotopic (exact) mass is 2000 g/mol. The Hall–Kier alpha value is -4.23. The van der Waals surface area contributed by atoms with E-state index < -0.39 is 378 Å². The molecule has 0 aromatic rings. The zero-order valence-corrected chi connectivity index (χ0v) is 80.0. The number of amides is 2. The first-order valence-electron chi connectivity index (χ1n) is 48.6. The smallest absolute Gasteiger partial charge is 0.335 e. The number of aliphatic carboxylic acids is 1. The molecule has 4 saturated carbocycles. The summed E-state index contributed by atoms with van der Waals surface area (Å²) in [7, 11) is 0. The Bertz CT molecular complexity index is 4130. The van der Waals surface area contributed by atoms with Gasteiger partial charge in [0.1, 0.15) is 152 Å². The molecule has 13 rings (SSSR count). The average Bonchev–Trinajstić information content (AvgIpc) is 1.10. The Kier molecular flexibility index (Phi) is 36.0. The van der Waals surface area contributed by atoms with Gasteiger partial charge in [0.15, 0.2) is 56.2 Å². The summed E-state index contributed by atoms with van der Waals surface area (Å²) in [5.41, 5.74) is -7.86. The van der Waals surface area contributed by atoms with Crippen LogP contribution in [0.25, 0.3) is 0 Å². The molecule has 0 radical (unpaired) electrons. The highest BCUT2D eigenvalue weighted by atomic mass is 16.8. The topological polar surface area (TPSA) is 743 Å². The Morgan fingerprint density at radius 1 is 0.532 bits per heavy atom. The van der Waals surface area contributed by atoms with Crippen LogP contribution in [0.2, 0.25) is 0 Å². The zero-order chi connectivity index (χ0) is 102. The molecule has 19 unspecified atom stereocenters. The molecule has 26 N–H and O–H groups in total. The van der Waals surface area contributed by atoms with Crippen LogP contribution in [0.3, 0.4) is 0 Å². The molecule has 47 heteroatoms. The van der Waals surface area contributed by atoms with Crippen LogP contribution in [-0.2, 0) is 99.8 Å². The number of nitrogens with one attached hydrogen (secondary N) is 2. The summed E-state index contributed by atoms with van der Waals surface area (Å²) >= 11 is 0. The van der Waals surface area contributed by atoms with E-state index in [1.807, 2.05) is 41.5 Å².